The lowest BCUT2D eigenvalue weighted by Crippen LogP contribution is -2.10. The average molecular weight is 274 g/mol. The third-order valence-corrected chi connectivity index (χ3v) is 5.29. The molecule has 0 amide bonds. The van der Waals surface area contributed by atoms with Crippen LogP contribution in [0.15, 0.2) is 29.6 Å². The van der Waals surface area contributed by atoms with Gasteiger partial charge in [-0.3, -0.25) is 0 Å². The van der Waals surface area contributed by atoms with E-state index in [1.54, 1.807) is 22.7 Å². The van der Waals surface area contributed by atoms with Crippen LogP contribution in [0.3, 0.4) is 0 Å². The van der Waals surface area contributed by atoms with Crippen molar-refractivity contribution < 1.29 is 0 Å². The molecule has 2 nitrogen and oxygen atoms in total. The molecule has 0 radical (unpaired) electrons. The number of benzene rings is 1. The van der Waals surface area contributed by atoms with E-state index in [0.29, 0.717) is 0 Å². The maximum Gasteiger partial charge on any atom is 0.114 e. The Morgan fingerprint density at radius 1 is 1.22 bits per heavy atom. The molecule has 1 aromatic carbocycles. The van der Waals surface area contributed by atoms with Gasteiger partial charge in [-0.2, -0.15) is 0 Å². The molecular weight excluding hydrogens is 260 g/mol. The van der Waals surface area contributed by atoms with Gasteiger partial charge in [0.25, 0.3) is 0 Å². The molecule has 92 valence electrons. The second kappa shape index (κ2) is 4.46. The van der Waals surface area contributed by atoms with Crippen LogP contribution in [0.4, 0.5) is 0 Å². The molecule has 1 atom stereocenters. The van der Waals surface area contributed by atoms with Crippen LogP contribution in [0.5, 0.6) is 0 Å². The SMILES string of the molecule is Cc1nc(C(N)c2csc3ccccc23)sc1C. The number of hydrogen-bond acceptors (Lipinski definition) is 4. The van der Waals surface area contributed by atoms with E-state index in [0.717, 1.165) is 10.7 Å². The average Bonchev–Trinajstić information content (AvgIpc) is 2.93. The minimum atomic E-state index is -0.112. The summed E-state index contributed by atoms with van der Waals surface area (Å²) in [6.07, 6.45) is 0. The van der Waals surface area contributed by atoms with Gasteiger partial charge in [0, 0.05) is 9.58 Å². The van der Waals surface area contributed by atoms with Crippen molar-refractivity contribution in [2.45, 2.75) is 19.9 Å². The van der Waals surface area contributed by atoms with Crippen molar-refractivity contribution in [2.24, 2.45) is 5.73 Å². The van der Waals surface area contributed by atoms with Crippen molar-refractivity contribution in [1.82, 2.24) is 4.98 Å². The first-order valence-corrected chi connectivity index (χ1v) is 7.52. The van der Waals surface area contributed by atoms with E-state index in [4.69, 9.17) is 5.73 Å². The largest absolute Gasteiger partial charge is 0.318 e. The zero-order chi connectivity index (χ0) is 12.7. The molecule has 2 aromatic heterocycles. The molecule has 0 aliphatic heterocycles. The molecule has 0 aliphatic rings. The third kappa shape index (κ3) is 1.86. The molecule has 0 aliphatic carbocycles. The number of aryl methyl sites for hydroxylation is 2. The molecule has 0 bridgehead atoms. The van der Waals surface area contributed by atoms with E-state index in [1.807, 2.05) is 6.92 Å². The van der Waals surface area contributed by atoms with E-state index < -0.39 is 0 Å². The van der Waals surface area contributed by atoms with Gasteiger partial charge in [0.1, 0.15) is 5.01 Å². The van der Waals surface area contributed by atoms with Crippen molar-refractivity contribution in [3.63, 3.8) is 0 Å². The monoisotopic (exact) mass is 274 g/mol. The van der Waals surface area contributed by atoms with E-state index in [1.165, 1.54) is 20.5 Å². The van der Waals surface area contributed by atoms with E-state index in [2.05, 4.69) is 41.6 Å². The first-order valence-electron chi connectivity index (χ1n) is 5.82. The summed E-state index contributed by atoms with van der Waals surface area (Å²) in [5, 5.41) is 4.41. The molecule has 2 N–H and O–H groups in total. The zero-order valence-electron chi connectivity index (χ0n) is 10.3. The predicted octanol–water partition coefficient (Wildman–Crippen LogP) is 4.02. The highest BCUT2D eigenvalue weighted by Gasteiger charge is 2.17. The van der Waals surface area contributed by atoms with Gasteiger partial charge in [0.15, 0.2) is 0 Å². The second-order valence-electron chi connectivity index (χ2n) is 4.36. The van der Waals surface area contributed by atoms with Crippen LogP contribution in [-0.2, 0) is 0 Å². The molecule has 3 rings (SSSR count). The van der Waals surface area contributed by atoms with Gasteiger partial charge in [-0.1, -0.05) is 18.2 Å². The maximum absolute atomic E-state index is 6.36. The lowest BCUT2D eigenvalue weighted by atomic mass is 10.1. The lowest BCUT2D eigenvalue weighted by molar-refractivity contribution is 0.863. The molecule has 0 spiro atoms. The van der Waals surface area contributed by atoms with Gasteiger partial charge in [0.2, 0.25) is 0 Å². The van der Waals surface area contributed by atoms with Gasteiger partial charge in [-0.15, -0.1) is 22.7 Å². The van der Waals surface area contributed by atoms with Crippen LogP contribution in [0.1, 0.15) is 27.2 Å². The Morgan fingerprint density at radius 2 is 2.00 bits per heavy atom. The molecule has 4 heteroatoms. The Labute approximate surface area is 114 Å². The first kappa shape index (κ1) is 11.8. The molecule has 0 saturated carbocycles. The summed E-state index contributed by atoms with van der Waals surface area (Å²) in [5.41, 5.74) is 8.64. The number of hydrogen-bond donors (Lipinski definition) is 1. The molecule has 18 heavy (non-hydrogen) atoms. The lowest BCUT2D eigenvalue weighted by Gasteiger charge is -2.07. The number of aromatic nitrogens is 1. The summed E-state index contributed by atoms with van der Waals surface area (Å²) in [6.45, 7) is 4.13. The summed E-state index contributed by atoms with van der Waals surface area (Å²) in [6, 6.07) is 8.27. The third-order valence-electron chi connectivity index (χ3n) is 3.16. The molecule has 3 aromatic rings. The minimum absolute atomic E-state index is 0.112. The van der Waals surface area contributed by atoms with Crippen LogP contribution < -0.4 is 5.73 Å². The fraction of sp³-hybridized carbons (Fsp3) is 0.214. The van der Waals surface area contributed by atoms with Gasteiger partial charge in [-0.05, 0) is 36.2 Å². The van der Waals surface area contributed by atoms with Crippen LogP contribution in [0.25, 0.3) is 10.1 Å². The van der Waals surface area contributed by atoms with Crippen molar-refractivity contribution in [3.8, 4) is 0 Å². The van der Waals surface area contributed by atoms with E-state index in [-0.39, 0.29) is 6.04 Å². The van der Waals surface area contributed by atoms with Gasteiger partial charge < -0.3 is 5.73 Å². The molecular formula is C14H14N2S2. The molecule has 0 fully saturated rings. The maximum atomic E-state index is 6.36. The van der Waals surface area contributed by atoms with Crippen molar-refractivity contribution in [3.05, 3.63) is 50.8 Å². The number of thiazole rings is 1. The summed E-state index contributed by atoms with van der Waals surface area (Å²) in [7, 11) is 0. The highest BCUT2D eigenvalue weighted by atomic mass is 32.1. The molecule has 0 saturated heterocycles. The van der Waals surface area contributed by atoms with Gasteiger partial charge >= 0.3 is 0 Å². The highest BCUT2D eigenvalue weighted by molar-refractivity contribution is 7.17. The summed E-state index contributed by atoms with van der Waals surface area (Å²) in [5.74, 6) is 0. The zero-order valence-corrected chi connectivity index (χ0v) is 11.9. The van der Waals surface area contributed by atoms with Crippen LogP contribution in [0, 0.1) is 13.8 Å². The Hall–Kier alpha value is -1.23. The summed E-state index contributed by atoms with van der Waals surface area (Å²) in [4.78, 5) is 5.82. The Balaban J connectivity index is 2.09. The minimum Gasteiger partial charge on any atom is -0.318 e. The quantitative estimate of drug-likeness (QED) is 0.766. The number of fused-ring (bicyclic) bond motifs is 1. The van der Waals surface area contributed by atoms with Crippen LogP contribution in [-0.4, -0.2) is 4.98 Å². The first-order chi connectivity index (χ1) is 8.66. The van der Waals surface area contributed by atoms with Gasteiger partial charge in [0.05, 0.1) is 11.7 Å². The highest BCUT2D eigenvalue weighted by Crippen LogP contribution is 2.34. The standard InChI is InChI=1S/C14H14N2S2/c1-8-9(2)18-14(16-8)13(15)11-7-17-12-6-4-3-5-10(11)12/h3-7,13H,15H2,1-2H3. The summed E-state index contributed by atoms with van der Waals surface area (Å²) < 4.78 is 1.29. The number of rotatable bonds is 2. The smallest absolute Gasteiger partial charge is 0.114 e. The van der Waals surface area contributed by atoms with E-state index in [9.17, 15) is 0 Å². The topological polar surface area (TPSA) is 38.9 Å². The molecule has 1 unspecified atom stereocenters. The normalized spacial score (nSPS) is 13.1. The number of nitrogens with two attached hydrogens (primary N) is 1. The fourth-order valence-corrected chi connectivity index (χ4v) is 3.94. The molecule has 2 heterocycles. The second-order valence-corrected chi connectivity index (χ2v) is 6.50. The Bertz CT molecular complexity index is 677. The number of thiophene rings is 1. The van der Waals surface area contributed by atoms with Gasteiger partial charge in [-0.25, -0.2) is 4.98 Å². The number of nitrogens with zero attached hydrogens (tertiary/aromatic N) is 1. The van der Waals surface area contributed by atoms with Crippen LogP contribution in [0.2, 0.25) is 0 Å². The van der Waals surface area contributed by atoms with Crippen molar-refractivity contribution >= 4 is 32.8 Å². The van der Waals surface area contributed by atoms with Crippen molar-refractivity contribution in [1.29, 1.82) is 0 Å². The van der Waals surface area contributed by atoms with E-state index >= 15 is 0 Å². The van der Waals surface area contributed by atoms with Crippen LogP contribution >= 0.6 is 22.7 Å². The fourth-order valence-electron chi connectivity index (χ4n) is 2.00. The van der Waals surface area contributed by atoms with Crippen molar-refractivity contribution in [2.75, 3.05) is 0 Å². The Morgan fingerprint density at radius 3 is 2.72 bits per heavy atom. The Kier molecular flexibility index (Phi) is 2.93. The summed E-state index contributed by atoms with van der Waals surface area (Å²) >= 11 is 3.44. The predicted molar refractivity (Wildman–Crippen MR) is 79.4 cm³/mol.